The second-order valence-corrected chi connectivity index (χ2v) is 5.50. The highest BCUT2D eigenvalue weighted by Gasteiger charge is 2.11. The molecule has 0 aliphatic heterocycles. The van der Waals surface area contributed by atoms with Crippen molar-refractivity contribution in [2.24, 2.45) is 5.73 Å². The van der Waals surface area contributed by atoms with E-state index in [-0.39, 0.29) is 6.04 Å². The molecule has 3 nitrogen and oxygen atoms in total. The standard InChI is InChI=1S/C16H16N2OS/c1-2-19-13-5-3-4-11(8-13)16(17)12-9-15-14(18-10-12)6-7-20-15/h3-10,16H,2,17H2,1H3. The van der Waals surface area contributed by atoms with E-state index in [1.165, 1.54) is 4.70 Å². The maximum atomic E-state index is 6.35. The topological polar surface area (TPSA) is 48.1 Å². The molecule has 1 atom stereocenters. The van der Waals surface area contributed by atoms with Crippen LogP contribution in [-0.2, 0) is 0 Å². The Bertz CT molecular complexity index is 723. The Labute approximate surface area is 122 Å². The average Bonchev–Trinajstić information content (AvgIpc) is 2.94. The fourth-order valence-corrected chi connectivity index (χ4v) is 2.98. The Hall–Kier alpha value is -1.91. The molecule has 2 heterocycles. The van der Waals surface area contributed by atoms with Crippen LogP contribution in [0, 0.1) is 0 Å². The number of aromatic nitrogens is 1. The number of hydrogen-bond acceptors (Lipinski definition) is 4. The van der Waals surface area contributed by atoms with Gasteiger partial charge in [-0.05, 0) is 47.7 Å². The van der Waals surface area contributed by atoms with Crippen molar-refractivity contribution in [2.75, 3.05) is 6.61 Å². The van der Waals surface area contributed by atoms with Crippen molar-refractivity contribution in [1.82, 2.24) is 4.98 Å². The molecule has 2 aromatic heterocycles. The number of rotatable bonds is 4. The van der Waals surface area contributed by atoms with Gasteiger partial charge in [-0.25, -0.2) is 0 Å². The molecule has 20 heavy (non-hydrogen) atoms. The monoisotopic (exact) mass is 284 g/mol. The van der Waals surface area contributed by atoms with E-state index in [1.807, 2.05) is 48.8 Å². The molecule has 102 valence electrons. The van der Waals surface area contributed by atoms with Gasteiger partial charge in [0.1, 0.15) is 5.75 Å². The molecule has 0 amide bonds. The van der Waals surface area contributed by atoms with Crippen LogP contribution in [0.1, 0.15) is 24.1 Å². The fraction of sp³-hybridized carbons (Fsp3) is 0.188. The molecule has 1 aromatic carbocycles. The van der Waals surface area contributed by atoms with Crippen molar-refractivity contribution in [3.8, 4) is 5.75 Å². The van der Waals surface area contributed by atoms with Gasteiger partial charge in [0.15, 0.2) is 0 Å². The van der Waals surface area contributed by atoms with E-state index in [1.54, 1.807) is 11.3 Å². The minimum absolute atomic E-state index is 0.186. The van der Waals surface area contributed by atoms with Gasteiger partial charge < -0.3 is 10.5 Å². The Morgan fingerprint density at radius 1 is 1.25 bits per heavy atom. The van der Waals surface area contributed by atoms with Crippen LogP contribution >= 0.6 is 11.3 Å². The van der Waals surface area contributed by atoms with Crippen molar-refractivity contribution < 1.29 is 4.74 Å². The highest BCUT2D eigenvalue weighted by Crippen LogP contribution is 2.26. The SMILES string of the molecule is CCOc1cccc(C(N)c2cnc3ccsc3c2)c1. The van der Waals surface area contributed by atoms with Crippen LogP contribution in [0.25, 0.3) is 10.2 Å². The molecule has 0 saturated carbocycles. The predicted octanol–water partition coefficient (Wildman–Crippen LogP) is 3.74. The zero-order valence-electron chi connectivity index (χ0n) is 11.2. The van der Waals surface area contributed by atoms with Crippen molar-refractivity contribution in [3.63, 3.8) is 0 Å². The van der Waals surface area contributed by atoms with Crippen molar-refractivity contribution >= 4 is 21.6 Å². The summed E-state index contributed by atoms with van der Waals surface area (Å²) < 4.78 is 6.69. The molecule has 3 rings (SSSR count). The number of ether oxygens (including phenoxy) is 1. The van der Waals surface area contributed by atoms with Gasteiger partial charge in [0, 0.05) is 6.20 Å². The molecule has 2 N–H and O–H groups in total. The summed E-state index contributed by atoms with van der Waals surface area (Å²) in [6.45, 7) is 2.63. The molecule has 0 saturated heterocycles. The Morgan fingerprint density at radius 3 is 3.00 bits per heavy atom. The number of hydrogen-bond donors (Lipinski definition) is 1. The summed E-state index contributed by atoms with van der Waals surface area (Å²) in [4.78, 5) is 4.45. The van der Waals surface area contributed by atoms with Gasteiger partial charge in [-0.2, -0.15) is 0 Å². The molecule has 0 fully saturated rings. The van der Waals surface area contributed by atoms with Crippen LogP contribution in [0.15, 0.2) is 48.0 Å². The molecule has 4 heteroatoms. The van der Waals surface area contributed by atoms with Gasteiger partial charge in [-0.3, -0.25) is 4.98 Å². The lowest BCUT2D eigenvalue weighted by Crippen LogP contribution is -2.12. The third kappa shape index (κ3) is 2.53. The first kappa shape index (κ1) is 13.1. The molecular formula is C16H16N2OS. The van der Waals surface area contributed by atoms with Crippen molar-refractivity contribution in [1.29, 1.82) is 0 Å². The number of thiophene rings is 1. The van der Waals surface area contributed by atoms with Crippen LogP contribution in [-0.4, -0.2) is 11.6 Å². The Kier molecular flexibility index (Phi) is 3.67. The molecule has 3 aromatic rings. The second-order valence-electron chi connectivity index (χ2n) is 4.56. The summed E-state index contributed by atoms with van der Waals surface area (Å²) in [6, 6.07) is 11.9. The minimum Gasteiger partial charge on any atom is -0.494 e. The van der Waals surface area contributed by atoms with E-state index in [4.69, 9.17) is 10.5 Å². The van der Waals surface area contributed by atoms with Gasteiger partial charge in [0.05, 0.1) is 22.9 Å². The predicted molar refractivity (Wildman–Crippen MR) is 83.3 cm³/mol. The van der Waals surface area contributed by atoms with Crippen molar-refractivity contribution in [2.45, 2.75) is 13.0 Å². The van der Waals surface area contributed by atoms with Gasteiger partial charge in [-0.1, -0.05) is 12.1 Å². The average molecular weight is 284 g/mol. The quantitative estimate of drug-likeness (QED) is 0.794. The van der Waals surface area contributed by atoms with E-state index >= 15 is 0 Å². The first-order chi connectivity index (χ1) is 9.78. The third-order valence-corrected chi connectivity index (χ3v) is 4.06. The smallest absolute Gasteiger partial charge is 0.119 e. The first-order valence-electron chi connectivity index (χ1n) is 6.59. The molecule has 0 aliphatic carbocycles. The highest BCUT2D eigenvalue weighted by molar-refractivity contribution is 7.17. The molecule has 0 spiro atoms. The summed E-state index contributed by atoms with van der Waals surface area (Å²) in [7, 11) is 0. The van der Waals surface area contributed by atoms with E-state index < -0.39 is 0 Å². The van der Waals surface area contributed by atoms with Crippen LogP contribution in [0.2, 0.25) is 0 Å². The molecule has 0 radical (unpaired) electrons. The van der Waals surface area contributed by atoms with Crippen LogP contribution < -0.4 is 10.5 Å². The van der Waals surface area contributed by atoms with Gasteiger partial charge in [-0.15, -0.1) is 11.3 Å². The first-order valence-corrected chi connectivity index (χ1v) is 7.47. The zero-order valence-corrected chi connectivity index (χ0v) is 12.1. The summed E-state index contributed by atoms with van der Waals surface area (Å²) in [6.07, 6.45) is 1.85. The molecule has 1 unspecified atom stereocenters. The fourth-order valence-electron chi connectivity index (χ4n) is 2.19. The largest absolute Gasteiger partial charge is 0.494 e. The van der Waals surface area contributed by atoms with Crippen molar-refractivity contribution in [3.05, 3.63) is 59.1 Å². The number of benzene rings is 1. The minimum atomic E-state index is -0.186. The van der Waals surface area contributed by atoms with Crippen LogP contribution in [0.3, 0.4) is 0 Å². The molecular weight excluding hydrogens is 268 g/mol. The van der Waals surface area contributed by atoms with E-state index in [0.29, 0.717) is 6.61 Å². The van der Waals surface area contributed by atoms with E-state index in [9.17, 15) is 0 Å². The van der Waals surface area contributed by atoms with Crippen LogP contribution in [0.4, 0.5) is 0 Å². The lowest BCUT2D eigenvalue weighted by molar-refractivity contribution is 0.340. The zero-order chi connectivity index (χ0) is 13.9. The molecule has 0 aliphatic rings. The third-order valence-electron chi connectivity index (χ3n) is 3.21. The summed E-state index contributed by atoms with van der Waals surface area (Å²) in [5, 5.41) is 2.04. The maximum absolute atomic E-state index is 6.35. The van der Waals surface area contributed by atoms with Gasteiger partial charge in [0.25, 0.3) is 0 Å². The lowest BCUT2D eigenvalue weighted by Gasteiger charge is -2.13. The number of nitrogens with two attached hydrogens (primary N) is 1. The lowest BCUT2D eigenvalue weighted by atomic mass is 10.0. The number of nitrogens with zero attached hydrogens (tertiary/aromatic N) is 1. The maximum Gasteiger partial charge on any atom is 0.119 e. The van der Waals surface area contributed by atoms with E-state index in [0.717, 1.165) is 22.4 Å². The summed E-state index contributed by atoms with van der Waals surface area (Å²) >= 11 is 1.68. The van der Waals surface area contributed by atoms with Gasteiger partial charge in [0.2, 0.25) is 0 Å². The summed E-state index contributed by atoms with van der Waals surface area (Å²) in [5.74, 6) is 0.852. The normalized spacial score (nSPS) is 12.5. The number of fused-ring (bicyclic) bond motifs is 1. The van der Waals surface area contributed by atoms with E-state index in [2.05, 4.69) is 11.1 Å². The van der Waals surface area contributed by atoms with Gasteiger partial charge >= 0.3 is 0 Å². The Balaban J connectivity index is 1.94. The second kappa shape index (κ2) is 5.61. The molecule has 0 bridgehead atoms. The number of pyridine rings is 1. The summed E-state index contributed by atoms with van der Waals surface area (Å²) in [5.41, 5.74) is 9.43. The highest BCUT2D eigenvalue weighted by atomic mass is 32.1. The van der Waals surface area contributed by atoms with Crippen LogP contribution in [0.5, 0.6) is 5.75 Å². The Morgan fingerprint density at radius 2 is 2.15 bits per heavy atom.